The fraction of sp³-hybridized carbons (Fsp3) is 0. The van der Waals surface area contributed by atoms with Gasteiger partial charge in [-0.1, -0.05) is 47.5 Å². The smallest absolute Gasteiger partial charge is 0.337 e. The minimum atomic E-state index is -1.02. The standard InChI is InChI=1S/C14H10Cl2N2O2/c15-11-6-3-4-9(13(11)16)8-17-18-12-7-2-1-5-10(12)14(19)20/h1-8,18H,(H,19,20). The van der Waals surface area contributed by atoms with Gasteiger partial charge in [-0.2, -0.15) is 5.10 Å². The Hall–Kier alpha value is -2.04. The molecule has 0 saturated heterocycles. The molecule has 102 valence electrons. The molecular formula is C14H10Cl2N2O2. The summed E-state index contributed by atoms with van der Waals surface area (Å²) in [5.41, 5.74) is 3.85. The lowest BCUT2D eigenvalue weighted by Crippen LogP contribution is -2.02. The van der Waals surface area contributed by atoms with E-state index in [9.17, 15) is 4.79 Å². The largest absolute Gasteiger partial charge is 0.478 e. The van der Waals surface area contributed by atoms with Crippen LogP contribution in [0.4, 0.5) is 5.69 Å². The Morgan fingerprint density at radius 3 is 2.65 bits per heavy atom. The highest BCUT2D eigenvalue weighted by Gasteiger charge is 2.07. The van der Waals surface area contributed by atoms with E-state index in [0.29, 0.717) is 21.3 Å². The van der Waals surface area contributed by atoms with Gasteiger partial charge in [0, 0.05) is 5.56 Å². The molecule has 6 heteroatoms. The maximum atomic E-state index is 11.0. The molecule has 0 amide bonds. The fourth-order valence-electron chi connectivity index (χ4n) is 1.56. The van der Waals surface area contributed by atoms with Gasteiger partial charge in [-0.25, -0.2) is 4.79 Å². The molecule has 0 saturated carbocycles. The summed E-state index contributed by atoms with van der Waals surface area (Å²) in [7, 11) is 0. The molecule has 0 unspecified atom stereocenters. The molecule has 0 aliphatic heterocycles. The Kier molecular flexibility index (Phi) is 4.61. The summed E-state index contributed by atoms with van der Waals surface area (Å²) >= 11 is 11.9. The van der Waals surface area contributed by atoms with E-state index in [4.69, 9.17) is 28.3 Å². The number of halogens is 2. The molecule has 2 rings (SSSR count). The van der Waals surface area contributed by atoms with Crippen LogP contribution in [-0.2, 0) is 0 Å². The molecule has 0 heterocycles. The highest BCUT2D eigenvalue weighted by atomic mass is 35.5. The Bertz CT molecular complexity index is 672. The second kappa shape index (κ2) is 6.41. The molecule has 2 N–H and O–H groups in total. The number of carboxylic acid groups (broad SMARTS) is 1. The maximum Gasteiger partial charge on any atom is 0.337 e. The van der Waals surface area contributed by atoms with Gasteiger partial charge in [0.15, 0.2) is 0 Å². The number of nitrogens with zero attached hydrogens (tertiary/aromatic N) is 1. The summed E-state index contributed by atoms with van der Waals surface area (Å²) in [6.45, 7) is 0. The molecule has 0 aliphatic carbocycles. The van der Waals surface area contributed by atoms with E-state index in [2.05, 4.69) is 10.5 Å². The van der Waals surface area contributed by atoms with Crippen LogP contribution in [0, 0.1) is 0 Å². The van der Waals surface area contributed by atoms with E-state index in [0.717, 1.165) is 0 Å². The van der Waals surface area contributed by atoms with Gasteiger partial charge in [0.1, 0.15) is 0 Å². The summed E-state index contributed by atoms with van der Waals surface area (Å²) < 4.78 is 0. The first-order chi connectivity index (χ1) is 9.59. The second-order valence-electron chi connectivity index (χ2n) is 3.86. The van der Waals surface area contributed by atoms with Crippen LogP contribution < -0.4 is 5.43 Å². The first kappa shape index (κ1) is 14.4. The zero-order chi connectivity index (χ0) is 14.5. The Morgan fingerprint density at radius 1 is 1.15 bits per heavy atom. The van der Waals surface area contributed by atoms with Crippen molar-refractivity contribution in [1.29, 1.82) is 0 Å². The number of carboxylic acids is 1. The quantitative estimate of drug-likeness (QED) is 0.659. The van der Waals surface area contributed by atoms with E-state index in [1.807, 2.05) is 0 Å². The molecule has 0 spiro atoms. The minimum Gasteiger partial charge on any atom is -0.478 e. The molecule has 0 atom stereocenters. The van der Waals surface area contributed by atoms with Crippen molar-refractivity contribution in [2.45, 2.75) is 0 Å². The first-order valence-electron chi connectivity index (χ1n) is 5.65. The van der Waals surface area contributed by atoms with Crippen molar-refractivity contribution in [3.8, 4) is 0 Å². The molecule has 0 radical (unpaired) electrons. The van der Waals surface area contributed by atoms with Gasteiger partial charge in [-0.15, -0.1) is 0 Å². The van der Waals surface area contributed by atoms with Gasteiger partial charge in [-0.05, 0) is 18.2 Å². The molecule has 2 aromatic rings. The molecule has 0 aromatic heterocycles. The van der Waals surface area contributed by atoms with Crippen LogP contribution in [-0.4, -0.2) is 17.3 Å². The van der Waals surface area contributed by atoms with E-state index < -0.39 is 5.97 Å². The summed E-state index contributed by atoms with van der Waals surface area (Å²) in [5, 5.41) is 13.8. The van der Waals surface area contributed by atoms with Gasteiger partial charge >= 0.3 is 5.97 Å². The van der Waals surface area contributed by atoms with Crippen molar-refractivity contribution in [2.75, 3.05) is 5.43 Å². The molecule has 20 heavy (non-hydrogen) atoms. The predicted molar refractivity (Wildman–Crippen MR) is 81.1 cm³/mol. The zero-order valence-electron chi connectivity index (χ0n) is 10.2. The SMILES string of the molecule is O=C(O)c1ccccc1NN=Cc1cccc(Cl)c1Cl. The molecular weight excluding hydrogens is 299 g/mol. The van der Waals surface area contributed by atoms with Crippen LogP contribution >= 0.6 is 23.2 Å². The third kappa shape index (κ3) is 3.29. The number of para-hydroxylation sites is 1. The predicted octanol–water partition coefficient (Wildman–Crippen LogP) is 4.14. The Labute approximate surface area is 125 Å². The average Bonchev–Trinajstić information content (AvgIpc) is 2.44. The lowest BCUT2D eigenvalue weighted by atomic mass is 10.2. The third-order valence-corrected chi connectivity index (χ3v) is 3.36. The van der Waals surface area contributed by atoms with Crippen LogP contribution in [0.1, 0.15) is 15.9 Å². The number of anilines is 1. The third-order valence-electron chi connectivity index (χ3n) is 2.53. The molecule has 0 bridgehead atoms. The molecule has 4 nitrogen and oxygen atoms in total. The number of hydrogen-bond acceptors (Lipinski definition) is 3. The number of nitrogens with one attached hydrogen (secondary N) is 1. The number of hydrazone groups is 1. The van der Waals surface area contributed by atoms with Gasteiger partial charge in [0.05, 0.1) is 27.5 Å². The van der Waals surface area contributed by atoms with E-state index >= 15 is 0 Å². The van der Waals surface area contributed by atoms with Gasteiger partial charge in [0.2, 0.25) is 0 Å². The number of rotatable bonds is 4. The summed E-state index contributed by atoms with van der Waals surface area (Å²) in [5.74, 6) is -1.02. The lowest BCUT2D eigenvalue weighted by Gasteiger charge is -2.04. The zero-order valence-corrected chi connectivity index (χ0v) is 11.7. The van der Waals surface area contributed by atoms with Crippen molar-refractivity contribution < 1.29 is 9.90 Å². The monoisotopic (exact) mass is 308 g/mol. The highest BCUT2D eigenvalue weighted by molar-refractivity contribution is 6.43. The van der Waals surface area contributed by atoms with Crippen LogP contribution in [0.25, 0.3) is 0 Å². The van der Waals surface area contributed by atoms with E-state index in [-0.39, 0.29) is 5.56 Å². The van der Waals surface area contributed by atoms with Crippen LogP contribution in [0.15, 0.2) is 47.6 Å². The topological polar surface area (TPSA) is 61.7 Å². The van der Waals surface area contributed by atoms with Gasteiger partial charge in [-0.3, -0.25) is 5.43 Å². The summed E-state index contributed by atoms with van der Waals surface area (Å²) in [6, 6.07) is 11.7. The van der Waals surface area contributed by atoms with Crippen molar-refractivity contribution in [1.82, 2.24) is 0 Å². The first-order valence-corrected chi connectivity index (χ1v) is 6.40. The number of aromatic carboxylic acids is 1. The van der Waals surface area contributed by atoms with Crippen LogP contribution in [0.5, 0.6) is 0 Å². The van der Waals surface area contributed by atoms with Gasteiger partial charge in [0.25, 0.3) is 0 Å². The Morgan fingerprint density at radius 2 is 1.90 bits per heavy atom. The number of benzene rings is 2. The summed E-state index contributed by atoms with van der Waals surface area (Å²) in [6.07, 6.45) is 1.48. The maximum absolute atomic E-state index is 11.0. The number of carbonyl (C=O) groups is 1. The Balaban J connectivity index is 2.19. The van der Waals surface area contributed by atoms with E-state index in [1.54, 1.807) is 36.4 Å². The normalized spacial score (nSPS) is 10.7. The van der Waals surface area contributed by atoms with Crippen LogP contribution in [0.3, 0.4) is 0 Å². The molecule has 0 aliphatic rings. The average molecular weight is 309 g/mol. The highest BCUT2D eigenvalue weighted by Crippen LogP contribution is 2.24. The van der Waals surface area contributed by atoms with Crippen molar-refractivity contribution in [3.63, 3.8) is 0 Å². The van der Waals surface area contributed by atoms with Crippen molar-refractivity contribution >= 4 is 41.1 Å². The van der Waals surface area contributed by atoms with Crippen molar-refractivity contribution in [2.24, 2.45) is 5.10 Å². The molecule has 2 aromatic carbocycles. The second-order valence-corrected chi connectivity index (χ2v) is 4.65. The van der Waals surface area contributed by atoms with Crippen molar-refractivity contribution in [3.05, 3.63) is 63.6 Å². The molecule has 0 fully saturated rings. The summed E-state index contributed by atoms with van der Waals surface area (Å²) in [4.78, 5) is 11.0. The number of hydrogen-bond donors (Lipinski definition) is 2. The van der Waals surface area contributed by atoms with Gasteiger partial charge < -0.3 is 5.11 Å². The minimum absolute atomic E-state index is 0.141. The lowest BCUT2D eigenvalue weighted by molar-refractivity contribution is 0.0698. The van der Waals surface area contributed by atoms with Crippen LogP contribution in [0.2, 0.25) is 10.0 Å². The fourth-order valence-corrected chi connectivity index (χ4v) is 1.92. The van der Waals surface area contributed by atoms with E-state index in [1.165, 1.54) is 12.3 Å².